The maximum atomic E-state index is 11.6. The smallest absolute Gasteiger partial charge is 0.246 e. The predicted molar refractivity (Wildman–Crippen MR) is 61.7 cm³/mol. The minimum absolute atomic E-state index is 0.1000. The van der Waals surface area contributed by atoms with Gasteiger partial charge in [0.1, 0.15) is 5.76 Å². The van der Waals surface area contributed by atoms with E-state index in [9.17, 15) is 4.79 Å². The summed E-state index contributed by atoms with van der Waals surface area (Å²) in [6, 6.07) is 3.54. The maximum Gasteiger partial charge on any atom is 0.246 e. The van der Waals surface area contributed by atoms with Crippen LogP contribution >= 0.6 is 0 Å². The molecule has 0 aromatic carbocycles. The molecule has 0 aliphatic heterocycles. The van der Waals surface area contributed by atoms with Crippen molar-refractivity contribution in [2.45, 2.75) is 19.4 Å². The molecule has 1 amide bonds. The standard InChI is InChI=1S/C12H17NO3/c1-10(14)7-8-13(2)12(15)6-5-11-4-3-9-16-11/h3-6,9-10,14H,7-8H2,1-2H3/b6-5+. The lowest BCUT2D eigenvalue weighted by molar-refractivity contribution is -0.124. The number of hydrogen-bond donors (Lipinski definition) is 1. The molecule has 16 heavy (non-hydrogen) atoms. The topological polar surface area (TPSA) is 53.7 Å². The molecule has 4 nitrogen and oxygen atoms in total. The quantitative estimate of drug-likeness (QED) is 0.770. The summed E-state index contributed by atoms with van der Waals surface area (Å²) in [5.74, 6) is 0.550. The van der Waals surface area contributed by atoms with Crippen LogP contribution in [-0.2, 0) is 4.79 Å². The van der Waals surface area contributed by atoms with Gasteiger partial charge in [-0.15, -0.1) is 0 Å². The van der Waals surface area contributed by atoms with Gasteiger partial charge in [-0.25, -0.2) is 0 Å². The fourth-order valence-corrected chi connectivity index (χ4v) is 1.16. The van der Waals surface area contributed by atoms with E-state index in [4.69, 9.17) is 9.52 Å². The number of hydrogen-bond acceptors (Lipinski definition) is 3. The molecule has 0 spiro atoms. The first-order valence-electron chi connectivity index (χ1n) is 5.24. The number of rotatable bonds is 5. The maximum absolute atomic E-state index is 11.6. The molecule has 88 valence electrons. The summed E-state index contributed by atoms with van der Waals surface area (Å²) < 4.78 is 5.06. The summed E-state index contributed by atoms with van der Waals surface area (Å²) in [5, 5.41) is 9.09. The Morgan fingerprint density at radius 2 is 2.44 bits per heavy atom. The van der Waals surface area contributed by atoms with Crippen molar-refractivity contribution in [3.8, 4) is 0 Å². The molecule has 0 aliphatic rings. The molecular formula is C12H17NO3. The molecule has 1 aromatic heterocycles. The van der Waals surface area contributed by atoms with Crippen LogP contribution in [-0.4, -0.2) is 35.6 Å². The first-order valence-corrected chi connectivity index (χ1v) is 5.24. The van der Waals surface area contributed by atoms with Crippen LogP contribution in [0.1, 0.15) is 19.1 Å². The highest BCUT2D eigenvalue weighted by atomic mass is 16.3. The number of aliphatic hydroxyl groups is 1. The summed E-state index contributed by atoms with van der Waals surface area (Å²) in [4.78, 5) is 13.1. The van der Waals surface area contributed by atoms with Gasteiger partial charge in [0.25, 0.3) is 0 Å². The van der Waals surface area contributed by atoms with Gasteiger partial charge in [0.05, 0.1) is 12.4 Å². The van der Waals surface area contributed by atoms with Crippen molar-refractivity contribution in [2.24, 2.45) is 0 Å². The Kier molecular flexibility index (Phi) is 4.79. The Labute approximate surface area is 95.2 Å². The van der Waals surface area contributed by atoms with E-state index in [0.717, 1.165) is 0 Å². The molecule has 0 saturated carbocycles. The summed E-state index contributed by atoms with van der Waals surface area (Å²) in [6.45, 7) is 2.25. The number of aliphatic hydroxyl groups excluding tert-OH is 1. The summed E-state index contributed by atoms with van der Waals surface area (Å²) in [6.07, 6.45) is 4.84. The molecule has 1 heterocycles. The third-order valence-electron chi connectivity index (χ3n) is 2.19. The van der Waals surface area contributed by atoms with Gasteiger partial charge in [-0.05, 0) is 31.6 Å². The first kappa shape index (κ1) is 12.5. The number of carbonyl (C=O) groups excluding carboxylic acids is 1. The number of carbonyl (C=O) groups is 1. The molecule has 1 unspecified atom stereocenters. The Balaban J connectivity index is 2.39. The average Bonchev–Trinajstić information content (AvgIpc) is 2.75. The average molecular weight is 223 g/mol. The van der Waals surface area contributed by atoms with E-state index in [1.54, 1.807) is 43.3 Å². The summed E-state index contributed by atoms with van der Waals surface area (Å²) in [7, 11) is 1.71. The number of amides is 1. The van der Waals surface area contributed by atoms with Gasteiger partial charge in [-0.3, -0.25) is 4.79 Å². The van der Waals surface area contributed by atoms with Crippen LogP contribution in [0.25, 0.3) is 6.08 Å². The Morgan fingerprint density at radius 1 is 1.69 bits per heavy atom. The largest absolute Gasteiger partial charge is 0.465 e. The molecular weight excluding hydrogens is 206 g/mol. The monoisotopic (exact) mass is 223 g/mol. The zero-order chi connectivity index (χ0) is 12.0. The fourth-order valence-electron chi connectivity index (χ4n) is 1.16. The van der Waals surface area contributed by atoms with E-state index in [-0.39, 0.29) is 12.0 Å². The van der Waals surface area contributed by atoms with Crippen LogP contribution in [0.5, 0.6) is 0 Å². The Hall–Kier alpha value is -1.55. The van der Waals surface area contributed by atoms with Crippen molar-refractivity contribution in [2.75, 3.05) is 13.6 Å². The van der Waals surface area contributed by atoms with Crippen molar-refractivity contribution in [1.82, 2.24) is 4.90 Å². The van der Waals surface area contributed by atoms with Gasteiger partial charge in [-0.2, -0.15) is 0 Å². The van der Waals surface area contributed by atoms with Crippen molar-refractivity contribution >= 4 is 12.0 Å². The van der Waals surface area contributed by atoms with Crippen LogP contribution in [0, 0.1) is 0 Å². The lowest BCUT2D eigenvalue weighted by atomic mass is 10.2. The number of likely N-dealkylation sites (N-methyl/N-ethyl adjacent to an activating group) is 1. The van der Waals surface area contributed by atoms with Crippen LogP contribution in [0.3, 0.4) is 0 Å². The lowest BCUT2D eigenvalue weighted by Gasteiger charge is -2.15. The van der Waals surface area contributed by atoms with Crippen molar-refractivity contribution in [1.29, 1.82) is 0 Å². The van der Waals surface area contributed by atoms with E-state index in [1.807, 2.05) is 0 Å². The Morgan fingerprint density at radius 3 is 3.00 bits per heavy atom. The highest BCUT2D eigenvalue weighted by Crippen LogP contribution is 2.03. The summed E-state index contributed by atoms with van der Waals surface area (Å²) in [5.41, 5.74) is 0. The van der Waals surface area contributed by atoms with E-state index in [1.165, 1.54) is 6.08 Å². The lowest BCUT2D eigenvalue weighted by Crippen LogP contribution is -2.27. The molecule has 0 saturated heterocycles. The highest BCUT2D eigenvalue weighted by Gasteiger charge is 2.06. The molecule has 0 fully saturated rings. The third-order valence-corrected chi connectivity index (χ3v) is 2.19. The van der Waals surface area contributed by atoms with Crippen LogP contribution in [0.2, 0.25) is 0 Å². The number of furan rings is 1. The molecule has 4 heteroatoms. The van der Waals surface area contributed by atoms with Gasteiger partial charge in [0.15, 0.2) is 0 Å². The molecule has 0 aliphatic carbocycles. The molecule has 1 atom stereocenters. The second kappa shape index (κ2) is 6.12. The van der Waals surface area contributed by atoms with Crippen LogP contribution in [0.15, 0.2) is 28.9 Å². The second-order valence-corrected chi connectivity index (χ2v) is 3.75. The molecule has 0 bridgehead atoms. The minimum Gasteiger partial charge on any atom is -0.465 e. The first-order chi connectivity index (χ1) is 7.59. The summed E-state index contributed by atoms with van der Waals surface area (Å²) >= 11 is 0. The normalized spacial score (nSPS) is 12.9. The van der Waals surface area contributed by atoms with Gasteiger partial charge in [0.2, 0.25) is 5.91 Å². The van der Waals surface area contributed by atoms with Crippen LogP contribution < -0.4 is 0 Å². The van der Waals surface area contributed by atoms with Gasteiger partial charge >= 0.3 is 0 Å². The second-order valence-electron chi connectivity index (χ2n) is 3.75. The SMILES string of the molecule is CC(O)CCN(C)C(=O)/C=C/c1ccco1. The molecule has 0 radical (unpaired) electrons. The van der Waals surface area contributed by atoms with E-state index in [0.29, 0.717) is 18.7 Å². The predicted octanol–water partition coefficient (Wildman–Crippen LogP) is 1.52. The van der Waals surface area contributed by atoms with Crippen molar-refractivity contribution in [3.63, 3.8) is 0 Å². The van der Waals surface area contributed by atoms with Crippen molar-refractivity contribution < 1.29 is 14.3 Å². The molecule has 1 N–H and O–H groups in total. The van der Waals surface area contributed by atoms with E-state index >= 15 is 0 Å². The fraction of sp³-hybridized carbons (Fsp3) is 0.417. The molecule has 1 aromatic rings. The van der Waals surface area contributed by atoms with Gasteiger partial charge in [-0.1, -0.05) is 0 Å². The third kappa shape index (κ3) is 4.31. The van der Waals surface area contributed by atoms with Gasteiger partial charge < -0.3 is 14.4 Å². The number of nitrogens with zero attached hydrogens (tertiary/aromatic N) is 1. The van der Waals surface area contributed by atoms with E-state index in [2.05, 4.69) is 0 Å². The highest BCUT2D eigenvalue weighted by molar-refractivity contribution is 5.91. The minimum atomic E-state index is -0.385. The zero-order valence-corrected chi connectivity index (χ0v) is 9.59. The molecule has 1 rings (SSSR count). The van der Waals surface area contributed by atoms with E-state index < -0.39 is 0 Å². The van der Waals surface area contributed by atoms with Crippen LogP contribution in [0.4, 0.5) is 0 Å². The Bertz CT molecular complexity index is 341. The van der Waals surface area contributed by atoms with Crippen molar-refractivity contribution in [3.05, 3.63) is 30.2 Å². The zero-order valence-electron chi connectivity index (χ0n) is 9.59. The van der Waals surface area contributed by atoms with Gasteiger partial charge in [0, 0.05) is 19.7 Å².